The highest BCUT2D eigenvalue weighted by atomic mass is 19.4. The molecule has 0 saturated carbocycles. The maximum Gasteiger partial charge on any atom is 0.399 e. The van der Waals surface area contributed by atoms with Gasteiger partial charge in [0.1, 0.15) is 24.3 Å². The molecule has 1 unspecified atom stereocenters. The second-order valence-electron chi connectivity index (χ2n) is 5.51. The van der Waals surface area contributed by atoms with Crippen molar-refractivity contribution in [3.8, 4) is 5.69 Å². The van der Waals surface area contributed by atoms with Crippen LogP contribution in [0.2, 0.25) is 0 Å². The van der Waals surface area contributed by atoms with Crippen LogP contribution in [0.25, 0.3) is 11.8 Å². The van der Waals surface area contributed by atoms with E-state index in [4.69, 9.17) is 0 Å². The van der Waals surface area contributed by atoms with E-state index in [0.29, 0.717) is 29.4 Å². The SMILES string of the molecule is Fc1cc(F)cc(C(C=Cc2ccc(-n3cncn3)cc2)C(F)(F)F)c1. The number of hydrogen-bond donors (Lipinski definition) is 0. The van der Waals surface area contributed by atoms with Gasteiger partial charge in [-0.25, -0.2) is 18.4 Å². The third kappa shape index (κ3) is 4.14. The van der Waals surface area contributed by atoms with Crippen molar-refractivity contribution in [3.05, 3.63) is 84.0 Å². The number of rotatable bonds is 4. The van der Waals surface area contributed by atoms with Crippen LogP contribution in [-0.2, 0) is 0 Å². The lowest BCUT2D eigenvalue weighted by atomic mass is 9.96. The first kappa shape index (κ1) is 17.8. The molecule has 8 heteroatoms. The van der Waals surface area contributed by atoms with Crippen LogP contribution in [0.4, 0.5) is 22.0 Å². The number of allylic oxidation sites excluding steroid dienone is 1. The normalized spacial score (nSPS) is 13.3. The minimum atomic E-state index is -4.68. The molecule has 0 spiro atoms. The van der Waals surface area contributed by atoms with Crippen LogP contribution in [0.3, 0.4) is 0 Å². The summed E-state index contributed by atoms with van der Waals surface area (Å²) in [6, 6.07) is 8.43. The first-order valence-corrected chi connectivity index (χ1v) is 7.49. The third-order valence-corrected chi connectivity index (χ3v) is 3.65. The van der Waals surface area contributed by atoms with Crippen LogP contribution < -0.4 is 0 Å². The number of aromatic nitrogens is 3. The predicted molar refractivity (Wildman–Crippen MR) is 85.5 cm³/mol. The van der Waals surface area contributed by atoms with Gasteiger partial charge in [0.15, 0.2) is 0 Å². The van der Waals surface area contributed by atoms with E-state index in [-0.39, 0.29) is 0 Å². The van der Waals surface area contributed by atoms with E-state index in [2.05, 4.69) is 10.1 Å². The van der Waals surface area contributed by atoms with Crippen LogP contribution in [0, 0.1) is 11.6 Å². The number of hydrogen-bond acceptors (Lipinski definition) is 2. The molecule has 0 aliphatic carbocycles. The van der Waals surface area contributed by atoms with Gasteiger partial charge in [0.2, 0.25) is 0 Å². The summed E-state index contributed by atoms with van der Waals surface area (Å²) >= 11 is 0. The third-order valence-electron chi connectivity index (χ3n) is 3.65. The van der Waals surface area contributed by atoms with Gasteiger partial charge in [0.05, 0.1) is 11.6 Å². The van der Waals surface area contributed by atoms with Crippen molar-refractivity contribution in [2.75, 3.05) is 0 Å². The number of nitrogens with zero attached hydrogens (tertiary/aromatic N) is 3. The summed E-state index contributed by atoms with van der Waals surface area (Å²) < 4.78 is 68.0. The van der Waals surface area contributed by atoms with Gasteiger partial charge >= 0.3 is 6.18 Å². The molecule has 26 heavy (non-hydrogen) atoms. The van der Waals surface area contributed by atoms with Crippen LogP contribution >= 0.6 is 0 Å². The smallest absolute Gasteiger partial charge is 0.223 e. The molecular formula is C18H12F5N3. The summed E-state index contributed by atoms with van der Waals surface area (Å²) in [5.41, 5.74) is 0.699. The average molecular weight is 365 g/mol. The van der Waals surface area contributed by atoms with Crippen LogP contribution in [0.5, 0.6) is 0 Å². The highest BCUT2D eigenvalue weighted by Crippen LogP contribution is 2.37. The van der Waals surface area contributed by atoms with E-state index in [1.807, 2.05) is 0 Å². The molecule has 1 aromatic heterocycles. The fraction of sp³-hybridized carbons (Fsp3) is 0.111. The molecule has 3 aromatic rings. The highest BCUT2D eigenvalue weighted by molar-refractivity contribution is 5.53. The Hall–Kier alpha value is -3.03. The highest BCUT2D eigenvalue weighted by Gasteiger charge is 2.39. The van der Waals surface area contributed by atoms with Crippen LogP contribution in [-0.4, -0.2) is 20.9 Å². The van der Waals surface area contributed by atoms with Crippen molar-refractivity contribution in [1.29, 1.82) is 0 Å². The second kappa shape index (κ2) is 7.07. The summed E-state index contributed by atoms with van der Waals surface area (Å²) in [4.78, 5) is 3.81. The molecule has 0 aliphatic heterocycles. The molecule has 0 N–H and O–H groups in total. The van der Waals surface area contributed by atoms with Gasteiger partial charge in [-0.1, -0.05) is 24.3 Å². The monoisotopic (exact) mass is 365 g/mol. The summed E-state index contributed by atoms with van der Waals surface area (Å²) in [5.74, 6) is -4.23. The van der Waals surface area contributed by atoms with Gasteiger partial charge in [-0.05, 0) is 35.4 Å². The maximum absolute atomic E-state index is 13.3. The fourth-order valence-electron chi connectivity index (χ4n) is 2.45. The second-order valence-corrected chi connectivity index (χ2v) is 5.51. The van der Waals surface area contributed by atoms with Crippen molar-refractivity contribution in [2.24, 2.45) is 0 Å². The van der Waals surface area contributed by atoms with Crippen molar-refractivity contribution in [3.63, 3.8) is 0 Å². The van der Waals surface area contributed by atoms with E-state index < -0.39 is 29.3 Å². The van der Waals surface area contributed by atoms with Gasteiger partial charge < -0.3 is 0 Å². The molecular weight excluding hydrogens is 353 g/mol. The topological polar surface area (TPSA) is 30.7 Å². The Balaban J connectivity index is 1.87. The summed E-state index contributed by atoms with van der Waals surface area (Å²) in [6.07, 6.45) is 0.297. The van der Waals surface area contributed by atoms with Crippen molar-refractivity contribution in [1.82, 2.24) is 14.8 Å². The van der Waals surface area contributed by atoms with E-state index in [9.17, 15) is 22.0 Å². The molecule has 2 aromatic carbocycles. The molecule has 0 fully saturated rings. The van der Waals surface area contributed by atoms with Crippen molar-refractivity contribution in [2.45, 2.75) is 12.1 Å². The summed E-state index contributed by atoms with van der Waals surface area (Å²) in [6.45, 7) is 0. The Bertz CT molecular complexity index is 879. The van der Waals surface area contributed by atoms with Gasteiger partial charge in [-0.15, -0.1) is 0 Å². The Morgan fingerprint density at radius 1 is 0.962 bits per heavy atom. The molecule has 1 heterocycles. The maximum atomic E-state index is 13.3. The quantitative estimate of drug-likeness (QED) is 0.616. The molecule has 0 bridgehead atoms. The zero-order chi connectivity index (χ0) is 18.7. The Morgan fingerprint density at radius 3 is 2.15 bits per heavy atom. The number of alkyl halides is 3. The van der Waals surface area contributed by atoms with E-state index in [1.54, 1.807) is 24.3 Å². The molecule has 0 amide bonds. The van der Waals surface area contributed by atoms with Gasteiger partial charge in [-0.3, -0.25) is 0 Å². The molecule has 3 nitrogen and oxygen atoms in total. The molecule has 0 aliphatic rings. The molecule has 0 saturated heterocycles. The van der Waals surface area contributed by atoms with E-state index in [0.717, 1.165) is 6.08 Å². The summed E-state index contributed by atoms with van der Waals surface area (Å²) in [5, 5.41) is 3.95. The predicted octanol–water partition coefficient (Wildman–Crippen LogP) is 4.90. The standard InChI is InChI=1S/C18H12F5N3/c19-14-7-13(8-15(20)9-14)17(18(21,22)23)6-3-12-1-4-16(5-2-12)26-11-24-10-25-26/h1-11,17H. The number of halogens is 5. The van der Waals surface area contributed by atoms with Gasteiger partial charge in [0.25, 0.3) is 0 Å². The fourth-order valence-corrected chi connectivity index (χ4v) is 2.45. The Labute approximate surface area is 145 Å². The lowest BCUT2D eigenvalue weighted by Crippen LogP contribution is -2.19. The molecule has 1 atom stereocenters. The lowest BCUT2D eigenvalue weighted by molar-refractivity contribution is -0.139. The largest absolute Gasteiger partial charge is 0.399 e. The first-order chi connectivity index (χ1) is 12.3. The van der Waals surface area contributed by atoms with Gasteiger partial charge in [0, 0.05) is 6.07 Å². The number of benzene rings is 2. The zero-order valence-electron chi connectivity index (χ0n) is 13.2. The van der Waals surface area contributed by atoms with Crippen LogP contribution in [0.1, 0.15) is 17.0 Å². The minimum Gasteiger partial charge on any atom is -0.223 e. The Kier molecular flexibility index (Phi) is 4.83. The first-order valence-electron chi connectivity index (χ1n) is 7.49. The van der Waals surface area contributed by atoms with Gasteiger partial charge in [-0.2, -0.15) is 18.3 Å². The van der Waals surface area contributed by atoms with Crippen LogP contribution in [0.15, 0.2) is 61.2 Å². The lowest BCUT2D eigenvalue weighted by Gasteiger charge is -2.17. The molecule has 0 radical (unpaired) electrons. The van der Waals surface area contributed by atoms with E-state index >= 15 is 0 Å². The zero-order valence-corrected chi connectivity index (χ0v) is 13.2. The average Bonchev–Trinajstić information content (AvgIpc) is 3.08. The summed E-state index contributed by atoms with van der Waals surface area (Å²) in [7, 11) is 0. The molecule has 134 valence electrons. The van der Waals surface area contributed by atoms with Crippen molar-refractivity contribution < 1.29 is 22.0 Å². The van der Waals surface area contributed by atoms with E-state index in [1.165, 1.54) is 23.4 Å². The Morgan fingerprint density at radius 2 is 1.62 bits per heavy atom. The molecule has 3 rings (SSSR count). The van der Waals surface area contributed by atoms with Crippen molar-refractivity contribution >= 4 is 6.08 Å². The minimum absolute atomic E-state index is 0.495.